The van der Waals surface area contributed by atoms with Gasteiger partial charge < -0.3 is 4.98 Å². The molecule has 120 valence electrons. The van der Waals surface area contributed by atoms with Crippen LogP contribution in [0.5, 0.6) is 0 Å². The first-order chi connectivity index (χ1) is 11.6. The third-order valence-corrected chi connectivity index (χ3v) is 4.09. The van der Waals surface area contributed by atoms with Crippen LogP contribution >= 0.6 is 0 Å². The van der Waals surface area contributed by atoms with Gasteiger partial charge in [-0.1, -0.05) is 12.1 Å². The van der Waals surface area contributed by atoms with E-state index in [0.29, 0.717) is 34.9 Å². The SMILES string of the molecule is O=c1c2[nH]c3ccc(F)cc3c2ncn1CCc1ccc(F)cc1. The first kappa shape index (κ1) is 14.6. The summed E-state index contributed by atoms with van der Waals surface area (Å²) < 4.78 is 27.8. The number of rotatable bonds is 3. The molecule has 2 aromatic heterocycles. The Kier molecular flexibility index (Phi) is 3.37. The number of hydrogen-bond donors (Lipinski definition) is 1. The van der Waals surface area contributed by atoms with E-state index in [1.54, 1.807) is 18.2 Å². The van der Waals surface area contributed by atoms with Gasteiger partial charge in [0.2, 0.25) is 0 Å². The molecule has 0 aliphatic rings. The van der Waals surface area contributed by atoms with Crippen molar-refractivity contribution in [2.45, 2.75) is 13.0 Å². The van der Waals surface area contributed by atoms with Gasteiger partial charge in [0, 0.05) is 17.4 Å². The van der Waals surface area contributed by atoms with Gasteiger partial charge in [0.25, 0.3) is 5.56 Å². The van der Waals surface area contributed by atoms with Gasteiger partial charge in [-0.05, 0) is 42.3 Å². The Morgan fingerprint density at radius 1 is 1.04 bits per heavy atom. The minimum atomic E-state index is -0.370. The molecule has 0 saturated heterocycles. The molecule has 4 aromatic rings. The molecule has 0 amide bonds. The van der Waals surface area contributed by atoms with Crippen molar-refractivity contribution in [3.05, 3.63) is 76.3 Å². The zero-order valence-electron chi connectivity index (χ0n) is 12.6. The van der Waals surface area contributed by atoms with Crippen molar-refractivity contribution in [1.82, 2.24) is 14.5 Å². The predicted octanol–water partition coefficient (Wildman–Crippen LogP) is 3.40. The van der Waals surface area contributed by atoms with E-state index in [9.17, 15) is 13.6 Å². The number of nitrogens with zero attached hydrogens (tertiary/aromatic N) is 2. The lowest BCUT2D eigenvalue weighted by Crippen LogP contribution is -2.21. The first-order valence-electron chi connectivity index (χ1n) is 7.52. The van der Waals surface area contributed by atoms with Crippen LogP contribution in [-0.2, 0) is 13.0 Å². The lowest BCUT2D eigenvalue weighted by atomic mass is 10.1. The molecular formula is C18H13F2N3O. The van der Waals surface area contributed by atoms with E-state index in [1.165, 1.54) is 35.2 Å². The fourth-order valence-electron chi connectivity index (χ4n) is 2.82. The van der Waals surface area contributed by atoms with Crippen LogP contribution < -0.4 is 5.56 Å². The fourth-order valence-corrected chi connectivity index (χ4v) is 2.82. The van der Waals surface area contributed by atoms with Gasteiger partial charge in [-0.15, -0.1) is 0 Å². The number of benzene rings is 2. The maximum absolute atomic E-state index is 13.4. The van der Waals surface area contributed by atoms with Crippen LogP contribution in [-0.4, -0.2) is 14.5 Å². The molecule has 24 heavy (non-hydrogen) atoms. The first-order valence-corrected chi connectivity index (χ1v) is 7.52. The lowest BCUT2D eigenvalue weighted by molar-refractivity contribution is 0.624. The Labute approximate surface area is 135 Å². The molecule has 0 saturated carbocycles. The number of nitrogens with one attached hydrogen (secondary N) is 1. The van der Waals surface area contributed by atoms with Gasteiger partial charge in [0.15, 0.2) is 0 Å². The van der Waals surface area contributed by atoms with Crippen molar-refractivity contribution in [2.75, 3.05) is 0 Å². The van der Waals surface area contributed by atoms with Gasteiger partial charge in [0.1, 0.15) is 22.7 Å². The van der Waals surface area contributed by atoms with E-state index >= 15 is 0 Å². The molecule has 6 heteroatoms. The summed E-state index contributed by atoms with van der Waals surface area (Å²) in [5, 5.41) is 0.591. The molecule has 0 bridgehead atoms. The minimum Gasteiger partial charge on any atom is -0.349 e. The quantitative estimate of drug-likeness (QED) is 0.628. The van der Waals surface area contributed by atoms with Gasteiger partial charge >= 0.3 is 0 Å². The molecule has 1 N–H and O–H groups in total. The highest BCUT2D eigenvalue weighted by Gasteiger charge is 2.11. The fraction of sp³-hybridized carbons (Fsp3) is 0.111. The van der Waals surface area contributed by atoms with Crippen molar-refractivity contribution < 1.29 is 8.78 Å². The zero-order valence-corrected chi connectivity index (χ0v) is 12.6. The van der Waals surface area contributed by atoms with Crippen LogP contribution in [0.4, 0.5) is 8.78 Å². The van der Waals surface area contributed by atoms with Crippen LogP contribution in [0.15, 0.2) is 53.6 Å². The summed E-state index contributed by atoms with van der Waals surface area (Å²) in [6, 6.07) is 10.5. The summed E-state index contributed by atoms with van der Waals surface area (Å²) in [5.41, 5.74) is 2.22. The number of aromatic amines is 1. The summed E-state index contributed by atoms with van der Waals surface area (Å²) in [7, 11) is 0. The molecule has 0 atom stereocenters. The third-order valence-electron chi connectivity index (χ3n) is 4.09. The largest absolute Gasteiger partial charge is 0.349 e. The molecular weight excluding hydrogens is 312 g/mol. The Hall–Kier alpha value is -3.02. The smallest absolute Gasteiger partial charge is 0.277 e. The summed E-state index contributed by atoms with van der Waals surface area (Å²) in [6.07, 6.45) is 2.05. The molecule has 0 unspecified atom stereocenters. The number of aryl methyl sites for hydroxylation is 2. The maximum Gasteiger partial charge on any atom is 0.277 e. The van der Waals surface area contributed by atoms with Crippen LogP contribution in [0.2, 0.25) is 0 Å². The Morgan fingerprint density at radius 3 is 2.58 bits per heavy atom. The van der Waals surface area contributed by atoms with Gasteiger partial charge in [0.05, 0.1) is 6.33 Å². The molecule has 0 radical (unpaired) electrons. The van der Waals surface area contributed by atoms with E-state index < -0.39 is 0 Å². The molecule has 0 fully saturated rings. The van der Waals surface area contributed by atoms with Crippen LogP contribution in [0.1, 0.15) is 5.56 Å². The minimum absolute atomic E-state index is 0.210. The second-order valence-corrected chi connectivity index (χ2v) is 5.66. The van der Waals surface area contributed by atoms with E-state index in [0.717, 1.165) is 5.56 Å². The maximum atomic E-state index is 13.4. The summed E-state index contributed by atoms with van der Waals surface area (Å²) >= 11 is 0. The standard InChI is InChI=1S/C18H13F2N3O/c19-12-3-1-11(2-4-12)7-8-23-10-21-16-14-9-13(20)5-6-15(14)22-17(16)18(23)24/h1-6,9-10,22H,7-8H2. The molecule has 0 aliphatic heterocycles. The second kappa shape index (κ2) is 5.56. The molecule has 4 rings (SSSR count). The van der Waals surface area contributed by atoms with Crippen molar-refractivity contribution in [1.29, 1.82) is 0 Å². The number of fused-ring (bicyclic) bond motifs is 3. The van der Waals surface area contributed by atoms with E-state index in [4.69, 9.17) is 0 Å². The highest BCUT2D eigenvalue weighted by molar-refractivity contribution is 6.04. The monoisotopic (exact) mass is 325 g/mol. The Bertz CT molecular complexity index is 1100. The van der Waals surface area contributed by atoms with E-state index in [2.05, 4.69) is 9.97 Å². The van der Waals surface area contributed by atoms with Crippen molar-refractivity contribution in [3.63, 3.8) is 0 Å². The number of H-pyrrole nitrogens is 1. The molecule has 0 spiro atoms. The predicted molar refractivity (Wildman–Crippen MR) is 87.9 cm³/mol. The Morgan fingerprint density at radius 2 is 1.79 bits per heavy atom. The van der Waals surface area contributed by atoms with Gasteiger partial charge in [-0.2, -0.15) is 0 Å². The number of halogens is 2. The normalized spacial score (nSPS) is 11.4. The third kappa shape index (κ3) is 2.46. The van der Waals surface area contributed by atoms with Gasteiger partial charge in [-0.25, -0.2) is 13.8 Å². The lowest BCUT2D eigenvalue weighted by Gasteiger charge is -2.05. The van der Waals surface area contributed by atoms with Crippen molar-refractivity contribution in [2.24, 2.45) is 0 Å². The second-order valence-electron chi connectivity index (χ2n) is 5.66. The van der Waals surface area contributed by atoms with Crippen LogP contribution in [0.3, 0.4) is 0 Å². The summed E-state index contributed by atoms with van der Waals surface area (Å²) in [4.78, 5) is 19.9. The van der Waals surface area contributed by atoms with E-state index in [1.807, 2.05) is 0 Å². The Balaban J connectivity index is 1.71. The van der Waals surface area contributed by atoms with Gasteiger partial charge in [-0.3, -0.25) is 9.36 Å². The average molecular weight is 325 g/mol. The molecule has 2 heterocycles. The molecule has 2 aromatic carbocycles. The van der Waals surface area contributed by atoms with E-state index in [-0.39, 0.29) is 17.2 Å². The van der Waals surface area contributed by atoms with Crippen LogP contribution in [0.25, 0.3) is 21.9 Å². The average Bonchev–Trinajstić information content (AvgIpc) is 2.95. The highest BCUT2D eigenvalue weighted by Crippen LogP contribution is 2.22. The number of hydrogen-bond acceptors (Lipinski definition) is 2. The highest BCUT2D eigenvalue weighted by atomic mass is 19.1. The molecule has 4 nitrogen and oxygen atoms in total. The molecule has 0 aliphatic carbocycles. The number of aromatic nitrogens is 3. The topological polar surface area (TPSA) is 50.7 Å². The summed E-state index contributed by atoms with van der Waals surface area (Å²) in [5.74, 6) is -0.657. The zero-order chi connectivity index (χ0) is 16.7. The summed E-state index contributed by atoms with van der Waals surface area (Å²) in [6.45, 7) is 0.428. The van der Waals surface area contributed by atoms with Crippen molar-refractivity contribution in [3.8, 4) is 0 Å². The van der Waals surface area contributed by atoms with Crippen LogP contribution in [0, 0.1) is 11.6 Å². The van der Waals surface area contributed by atoms with Crippen molar-refractivity contribution >= 4 is 21.9 Å².